The molecule has 0 saturated heterocycles. The molecule has 0 radical (unpaired) electrons. The first-order valence-corrected chi connectivity index (χ1v) is 8.89. The number of benzene rings is 3. The summed E-state index contributed by atoms with van der Waals surface area (Å²) in [6.45, 7) is 11.1. The van der Waals surface area contributed by atoms with Gasteiger partial charge in [-0.15, -0.1) is 0 Å². The van der Waals surface area contributed by atoms with Crippen LogP contribution in [0.25, 0.3) is 0 Å². The molecule has 1 heteroatoms. The van der Waals surface area contributed by atoms with Crippen molar-refractivity contribution in [1.82, 2.24) is 0 Å². The summed E-state index contributed by atoms with van der Waals surface area (Å²) in [7, 11) is 0. The van der Waals surface area contributed by atoms with E-state index in [2.05, 4.69) is 112 Å². The Labute approximate surface area is 151 Å². The minimum atomic E-state index is 0.162. The molecule has 0 fully saturated rings. The Kier molecular flexibility index (Phi) is 4.67. The van der Waals surface area contributed by atoms with E-state index in [1.54, 1.807) is 0 Å². The molecule has 0 aliphatic rings. The molecule has 3 rings (SSSR count). The van der Waals surface area contributed by atoms with E-state index in [-0.39, 0.29) is 5.41 Å². The summed E-state index contributed by atoms with van der Waals surface area (Å²) in [6, 6.07) is 26.2. The van der Waals surface area contributed by atoms with Gasteiger partial charge in [-0.25, -0.2) is 0 Å². The van der Waals surface area contributed by atoms with E-state index >= 15 is 0 Å². The van der Waals surface area contributed by atoms with Gasteiger partial charge < -0.3 is 4.90 Å². The highest BCUT2D eigenvalue weighted by Gasteiger charge is 2.17. The fourth-order valence-corrected chi connectivity index (χ4v) is 3.08. The van der Waals surface area contributed by atoms with Crippen LogP contribution in [0.3, 0.4) is 0 Å². The van der Waals surface area contributed by atoms with Crippen molar-refractivity contribution in [3.8, 4) is 0 Å². The summed E-state index contributed by atoms with van der Waals surface area (Å²) in [5.74, 6) is 0. The van der Waals surface area contributed by atoms with Crippen LogP contribution in [0.15, 0.2) is 72.8 Å². The number of aryl methyl sites for hydroxylation is 2. The molecule has 0 bridgehead atoms. The lowest BCUT2D eigenvalue weighted by Gasteiger charge is -2.28. The third-order valence-electron chi connectivity index (χ3n) is 4.61. The molecule has 1 nitrogen and oxygen atoms in total. The lowest BCUT2D eigenvalue weighted by molar-refractivity contribution is 0.590. The molecule has 128 valence electrons. The fraction of sp³-hybridized carbons (Fsp3) is 0.250. The highest BCUT2D eigenvalue weighted by Crippen LogP contribution is 2.37. The van der Waals surface area contributed by atoms with Gasteiger partial charge in [0.15, 0.2) is 0 Å². The maximum atomic E-state index is 2.34. The number of hydrogen-bond acceptors (Lipinski definition) is 1. The van der Waals surface area contributed by atoms with Crippen LogP contribution in [0.5, 0.6) is 0 Å². The van der Waals surface area contributed by atoms with Crippen LogP contribution in [-0.2, 0) is 5.41 Å². The quantitative estimate of drug-likeness (QED) is 0.496. The van der Waals surface area contributed by atoms with E-state index in [4.69, 9.17) is 0 Å². The van der Waals surface area contributed by atoms with E-state index in [1.165, 1.54) is 33.8 Å². The third kappa shape index (κ3) is 3.76. The van der Waals surface area contributed by atoms with Crippen LogP contribution in [0.2, 0.25) is 0 Å². The smallest absolute Gasteiger partial charge is 0.0493 e. The molecule has 0 unspecified atom stereocenters. The van der Waals surface area contributed by atoms with Crippen LogP contribution in [0, 0.1) is 13.8 Å². The highest BCUT2D eigenvalue weighted by molar-refractivity contribution is 5.78. The molecule has 0 N–H and O–H groups in total. The maximum Gasteiger partial charge on any atom is 0.0493 e. The predicted molar refractivity (Wildman–Crippen MR) is 109 cm³/mol. The minimum Gasteiger partial charge on any atom is -0.310 e. The van der Waals surface area contributed by atoms with Crippen molar-refractivity contribution in [3.05, 3.63) is 89.5 Å². The van der Waals surface area contributed by atoms with Gasteiger partial charge in [-0.05, 0) is 66.3 Å². The van der Waals surface area contributed by atoms with Gasteiger partial charge in [0.05, 0.1) is 0 Å². The van der Waals surface area contributed by atoms with Crippen LogP contribution < -0.4 is 4.90 Å². The molecule has 0 amide bonds. The Hall–Kier alpha value is -2.54. The molecule has 25 heavy (non-hydrogen) atoms. The third-order valence-corrected chi connectivity index (χ3v) is 4.61. The van der Waals surface area contributed by atoms with E-state index in [0.29, 0.717) is 0 Å². The second-order valence-electron chi connectivity index (χ2n) is 7.76. The van der Waals surface area contributed by atoms with Crippen molar-refractivity contribution < 1.29 is 0 Å². The van der Waals surface area contributed by atoms with E-state index in [0.717, 1.165) is 0 Å². The van der Waals surface area contributed by atoms with Crippen molar-refractivity contribution >= 4 is 17.1 Å². The average Bonchev–Trinajstić information content (AvgIpc) is 2.59. The Morgan fingerprint density at radius 1 is 0.680 bits per heavy atom. The van der Waals surface area contributed by atoms with Gasteiger partial charge in [0.2, 0.25) is 0 Å². The van der Waals surface area contributed by atoms with Gasteiger partial charge in [-0.3, -0.25) is 0 Å². The van der Waals surface area contributed by atoms with E-state index < -0.39 is 0 Å². The molecule has 3 aromatic carbocycles. The molecule has 0 atom stereocenters. The number of hydrogen-bond donors (Lipinski definition) is 0. The minimum absolute atomic E-state index is 0.162. The summed E-state index contributed by atoms with van der Waals surface area (Å²) in [4.78, 5) is 2.34. The van der Waals surface area contributed by atoms with Gasteiger partial charge in [-0.2, -0.15) is 0 Å². The number of nitrogens with zero attached hydrogens (tertiary/aromatic N) is 1. The summed E-state index contributed by atoms with van der Waals surface area (Å²) >= 11 is 0. The second kappa shape index (κ2) is 6.76. The molecule has 0 aromatic heterocycles. The normalized spacial score (nSPS) is 11.4. The van der Waals surface area contributed by atoms with Crippen molar-refractivity contribution in [2.75, 3.05) is 4.90 Å². The van der Waals surface area contributed by atoms with Gasteiger partial charge in [0.25, 0.3) is 0 Å². The predicted octanol–water partition coefficient (Wildman–Crippen LogP) is 7.07. The lowest BCUT2D eigenvalue weighted by atomic mass is 9.87. The molecule has 0 spiro atoms. The van der Waals surface area contributed by atoms with Gasteiger partial charge >= 0.3 is 0 Å². The maximum absolute atomic E-state index is 2.34. The van der Waals surface area contributed by atoms with E-state index in [9.17, 15) is 0 Å². The zero-order chi connectivity index (χ0) is 18.0. The zero-order valence-electron chi connectivity index (χ0n) is 15.9. The van der Waals surface area contributed by atoms with Crippen LogP contribution in [0.1, 0.15) is 37.5 Å². The molecule has 0 saturated carbocycles. The van der Waals surface area contributed by atoms with Gasteiger partial charge in [0.1, 0.15) is 0 Å². The first-order chi connectivity index (χ1) is 11.9. The molecule has 3 aromatic rings. The van der Waals surface area contributed by atoms with Crippen molar-refractivity contribution in [2.24, 2.45) is 0 Å². The van der Waals surface area contributed by atoms with Crippen LogP contribution >= 0.6 is 0 Å². The van der Waals surface area contributed by atoms with Crippen molar-refractivity contribution in [3.63, 3.8) is 0 Å². The van der Waals surface area contributed by atoms with E-state index in [1.807, 2.05) is 0 Å². The SMILES string of the molecule is Cc1ccc(C)c(N(c2ccccc2)c2ccc(C(C)(C)C)cc2)c1. The van der Waals surface area contributed by atoms with Crippen molar-refractivity contribution in [2.45, 2.75) is 40.0 Å². The number of rotatable bonds is 3. The molecule has 0 heterocycles. The van der Waals surface area contributed by atoms with Crippen molar-refractivity contribution in [1.29, 1.82) is 0 Å². The standard InChI is InChI=1S/C24H27N/c1-18-11-12-19(2)23(17-18)25(21-9-7-6-8-10-21)22-15-13-20(14-16-22)24(3,4)5/h6-17H,1-5H3. The lowest BCUT2D eigenvalue weighted by Crippen LogP contribution is -2.13. The summed E-state index contributed by atoms with van der Waals surface area (Å²) in [5.41, 5.74) is 7.66. The Balaban J connectivity index is 2.14. The summed E-state index contributed by atoms with van der Waals surface area (Å²) < 4.78 is 0. The summed E-state index contributed by atoms with van der Waals surface area (Å²) in [5, 5.41) is 0. The Morgan fingerprint density at radius 2 is 1.28 bits per heavy atom. The highest BCUT2D eigenvalue weighted by atomic mass is 15.1. The Bertz CT molecular complexity index is 840. The molecule has 0 aliphatic carbocycles. The molecular weight excluding hydrogens is 302 g/mol. The zero-order valence-corrected chi connectivity index (χ0v) is 15.9. The first-order valence-electron chi connectivity index (χ1n) is 8.89. The second-order valence-corrected chi connectivity index (χ2v) is 7.76. The molecular formula is C24H27N. The fourth-order valence-electron chi connectivity index (χ4n) is 3.08. The number of anilines is 3. The number of para-hydroxylation sites is 1. The molecule has 0 aliphatic heterocycles. The topological polar surface area (TPSA) is 3.24 Å². The van der Waals surface area contributed by atoms with Gasteiger partial charge in [-0.1, -0.05) is 63.2 Å². The Morgan fingerprint density at radius 3 is 1.88 bits per heavy atom. The van der Waals surface area contributed by atoms with Crippen LogP contribution in [0.4, 0.5) is 17.1 Å². The largest absolute Gasteiger partial charge is 0.310 e. The first kappa shape index (κ1) is 17.3. The monoisotopic (exact) mass is 329 g/mol. The average molecular weight is 329 g/mol. The van der Waals surface area contributed by atoms with Crippen LogP contribution in [-0.4, -0.2) is 0 Å². The van der Waals surface area contributed by atoms with Gasteiger partial charge in [0, 0.05) is 17.1 Å². The summed E-state index contributed by atoms with van der Waals surface area (Å²) in [6.07, 6.45) is 0.